The summed E-state index contributed by atoms with van der Waals surface area (Å²) in [5.74, 6) is 1.25. The Bertz CT molecular complexity index is 641. The number of pyridine rings is 1. The fraction of sp³-hybridized carbons (Fsp3) is 0.250. The minimum absolute atomic E-state index is 0.237. The third-order valence-corrected chi connectivity index (χ3v) is 2.99. The van der Waals surface area contributed by atoms with Crippen LogP contribution in [-0.2, 0) is 0 Å². The van der Waals surface area contributed by atoms with Crippen LogP contribution in [0.15, 0.2) is 36.4 Å². The molecule has 0 radical (unpaired) electrons. The van der Waals surface area contributed by atoms with Gasteiger partial charge in [0.15, 0.2) is 0 Å². The maximum Gasteiger partial charge on any atom is 0.274 e. The summed E-state index contributed by atoms with van der Waals surface area (Å²) >= 11 is 0. The zero-order chi connectivity index (χ0) is 15.2. The van der Waals surface area contributed by atoms with E-state index in [0.717, 1.165) is 17.9 Å². The van der Waals surface area contributed by atoms with Crippen LogP contribution in [0.3, 0.4) is 0 Å². The van der Waals surface area contributed by atoms with Crippen LogP contribution in [0.2, 0.25) is 0 Å². The first kappa shape index (κ1) is 14.8. The second-order valence-corrected chi connectivity index (χ2v) is 4.58. The number of hydrogen-bond acceptors (Lipinski definition) is 4. The molecule has 2 N–H and O–H groups in total. The number of methoxy groups -OCH3 is 1. The van der Waals surface area contributed by atoms with Gasteiger partial charge in [0.25, 0.3) is 5.91 Å². The summed E-state index contributed by atoms with van der Waals surface area (Å²) in [6.07, 6.45) is 0. The number of carbonyl (C=O) groups excluding carboxylic acids is 1. The fourth-order valence-corrected chi connectivity index (χ4v) is 1.99. The normalized spacial score (nSPS) is 10.0. The fourth-order valence-electron chi connectivity index (χ4n) is 1.99. The molecule has 2 aromatic rings. The molecular weight excluding hydrogens is 266 g/mol. The highest BCUT2D eigenvalue weighted by Gasteiger charge is 2.09. The number of nitrogens with zero attached hydrogens (tertiary/aromatic N) is 1. The topological polar surface area (TPSA) is 63.2 Å². The van der Waals surface area contributed by atoms with Gasteiger partial charge in [-0.1, -0.05) is 6.07 Å². The van der Waals surface area contributed by atoms with Crippen molar-refractivity contribution in [3.05, 3.63) is 47.7 Å². The molecule has 0 unspecified atom stereocenters. The Labute approximate surface area is 124 Å². The Morgan fingerprint density at radius 3 is 2.76 bits per heavy atom. The molecule has 0 atom stereocenters. The lowest BCUT2D eigenvalue weighted by atomic mass is 10.2. The third-order valence-electron chi connectivity index (χ3n) is 2.99. The van der Waals surface area contributed by atoms with Gasteiger partial charge in [0.2, 0.25) is 0 Å². The Balaban J connectivity index is 2.14. The predicted molar refractivity (Wildman–Crippen MR) is 84.1 cm³/mol. The minimum Gasteiger partial charge on any atom is -0.496 e. The highest BCUT2D eigenvalue weighted by Crippen LogP contribution is 2.21. The van der Waals surface area contributed by atoms with Crippen LogP contribution >= 0.6 is 0 Å². The Morgan fingerprint density at radius 2 is 2.10 bits per heavy atom. The van der Waals surface area contributed by atoms with Gasteiger partial charge in [-0.15, -0.1) is 0 Å². The van der Waals surface area contributed by atoms with E-state index in [2.05, 4.69) is 15.6 Å². The number of hydrogen-bond donors (Lipinski definition) is 2. The summed E-state index contributed by atoms with van der Waals surface area (Å²) in [6, 6.07) is 10.8. The van der Waals surface area contributed by atoms with Crippen molar-refractivity contribution >= 4 is 17.4 Å². The first-order valence-corrected chi connectivity index (χ1v) is 6.81. The number of aromatic nitrogens is 1. The molecule has 0 aliphatic rings. The largest absolute Gasteiger partial charge is 0.496 e. The van der Waals surface area contributed by atoms with Gasteiger partial charge in [0.05, 0.1) is 7.11 Å². The van der Waals surface area contributed by atoms with Gasteiger partial charge in [0.1, 0.15) is 17.3 Å². The van der Waals surface area contributed by atoms with Crippen molar-refractivity contribution < 1.29 is 9.53 Å². The number of carbonyl (C=O) groups is 1. The first-order chi connectivity index (χ1) is 10.1. The number of anilines is 2. The van der Waals surface area contributed by atoms with E-state index in [9.17, 15) is 4.79 Å². The molecule has 0 bridgehead atoms. The molecule has 5 nitrogen and oxygen atoms in total. The van der Waals surface area contributed by atoms with Crippen LogP contribution in [0.4, 0.5) is 11.5 Å². The van der Waals surface area contributed by atoms with Crippen LogP contribution in [0.1, 0.15) is 23.0 Å². The second-order valence-electron chi connectivity index (χ2n) is 4.58. The van der Waals surface area contributed by atoms with E-state index in [1.165, 1.54) is 0 Å². The van der Waals surface area contributed by atoms with E-state index in [0.29, 0.717) is 17.2 Å². The van der Waals surface area contributed by atoms with E-state index < -0.39 is 0 Å². The molecule has 2 rings (SSSR count). The maximum absolute atomic E-state index is 12.2. The van der Waals surface area contributed by atoms with Gasteiger partial charge >= 0.3 is 0 Å². The molecule has 110 valence electrons. The lowest BCUT2D eigenvalue weighted by Gasteiger charge is -2.09. The molecule has 0 spiro atoms. The van der Waals surface area contributed by atoms with E-state index in [1.807, 2.05) is 32.0 Å². The van der Waals surface area contributed by atoms with Crippen LogP contribution < -0.4 is 15.4 Å². The number of rotatable bonds is 5. The van der Waals surface area contributed by atoms with E-state index in [4.69, 9.17) is 4.74 Å². The third kappa shape index (κ3) is 3.72. The highest BCUT2D eigenvalue weighted by atomic mass is 16.5. The smallest absolute Gasteiger partial charge is 0.274 e. The van der Waals surface area contributed by atoms with E-state index in [-0.39, 0.29) is 5.91 Å². The zero-order valence-electron chi connectivity index (χ0n) is 12.4. The Hall–Kier alpha value is -2.56. The van der Waals surface area contributed by atoms with Crippen molar-refractivity contribution in [2.45, 2.75) is 13.8 Å². The molecule has 0 fully saturated rings. The standard InChI is InChI=1S/C16H19N3O2/c1-4-17-15-7-5-6-13(19-15)16(20)18-12-8-9-14(21-3)11(2)10-12/h5-10H,4H2,1-3H3,(H,17,19)(H,18,20). The van der Waals surface area contributed by atoms with Crippen molar-refractivity contribution in [2.24, 2.45) is 0 Å². The van der Waals surface area contributed by atoms with Gasteiger partial charge in [-0.25, -0.2) is 4.98 Å². The van der Waals surface area contributed by atoms with E-state index in [1.54, 1.807) is 25.3 Å². The van der Waals surface area contributed by atoms with Crippen molar-refractivity contribution in [2.75, 3.05) is 24.3 Å². The van der Waals surface area contributed by atoms with E-state index >= 15 is 0 Å². The Morgan fingerprint density at radius 1 is 1.29 bits per heavy atom. The number of nitrogens with one attached hydrogen (secondary N) is 2. The molecular formula is C16H19N3O2. The summed E-state index contributed by atoms with van der Waals surface area (Å²) in [7, 11) is 1.62. The van der Waals surface area contributed by atoms with Crippen LogP contribution in [0, 0.1) is 6.92 Å². The molecule has 1 heterocycles. The molecule has 1 aromatic heterocycles. The molecule has 0 saturated carbocycles. The molecule has 0 aliphatic carbocycles. The lowest BCUT2D eigenvalue weighted by molar-refractivity contribution is 0.102. The van der Waals surface area contributed by atoms with Gasteiger partial charge < -0.3 is 15.4 Å². The molecule has 21 heavy (non-hydrogen) atoms. The summed E-state index contributed by atoms with van der Waals surface area (Å²) < 4.78 is 5.20. The number of aryl methyl sites for hydroxylation is 1. The van der Waals surface area contributed by atoms with Gasteiger partial charge in [-0.2, -0.15) is 0 Å². The number of amides is 1. The number of ether oxygens (including phenoxy) is 1. The summed E-state index contributed by atoms with van der Waals surface area (Å²) in [5.41, 5.74) is 2.06. The van der Waals surface area contributed by atoms with Crippen molar-refractivity contribution in [1.82, 2.24) is 4.98 Å². The van der Waals surface area contributed by atoms with Crippen LogP contribution in [0.5, 0.6) is 5.75 Å². The predicted octanol–water partition coefficient (Wildman–Crippen LogP) is 3.08. The van der Waals surface area contributed by atoms with Crippen molar-refractivity contribution in [3.8, 4) is 5.75 Å². The second kappa shape index (κ2) is 6.74. The SMILES string of the molecule is CCNc1cccc(C(=O)Nc2ccc(OC)c(C)c2)n1. The van der Waals surface area contributed by atoms with Gasteiger partial charge in [0, 0.05) is 12.2 Å². The lowest BCUT2D eigenvalue weighted by Crippen LogP contribution is -2.14. The molecule has 0 saturated heterocycles. The molecule has 1 aromatic carbocycles. The summed E-state index contributed by atoms with van der Waals surface area (Å²) in [6.45, 7) is 4.67. The van der Waals surface area contributed by atoms with Crippen LogP contribution in [0.25, 0.3) is 0 Å². The maximum atomic E-state index is 12.2. The summed E-state index contributed by atoms with van der Waals surface area (Å²) in [4.78, 5) is 16.5. The average Bonchev–Trinajstić information content (AvgIpc) is 2.48. The highest BCUT2D eigenvalue weighted by molar-refractivity contribution is 6.03. The molecule has 0 aliphatic heterocycles. The van der Waals surface area contributed by atoms with Crippen molar-refractivity contribution in [1.29, 1.82) is 0 Å². The first-order valence-electron chi connectivity index (χ1n) is 6.81. The monoisotopic (exact) mass is 285 g/mol. The summed E-state index contributed by atoms with van der Waals surface area (Å²) in [5, 5.41) is 5.92. The molecule has 5 heteroatoms. The quantitative estimate of drug-likeness (QED) is 0.886. The minimum atomic E-state index is -0.237. The zero-order valence-corrected chi connectivity index (χ0v) is 12.4. The van der Waals surface area contributed by atoms with Crippen LogP contribution in [-0.4, -0.2) is 24.5 Å². The molecule has 1 amide bonds. The Kier molecular flexibility index (Phi) is 4.77. The number of benzene rings is 1. The van der Waals surface area contributed by atoms with Crippen molar-refractivity contribution in [3.63, 3.8) is 0 Å². The average molecular weight is 285 g/mol. The van der Waals surface area contributed by atoms with Gasteiger partial charge in [-0.3, -0.25) is 4.79 Å². The van der Waals surface area contributed by atoms with Gasteiger partial charge in [-0.05, 0) is 49.7 Å².